The first-order valence-electron chi connectivity index (χ1n) is 6.43. The van der Waals surface area contributed by atoms with Crippen molar-refractivity contribution >= 4 is 21.7 Å². The highest BCUT2D eigenvalue weighted by atomic mass is 32.2. The molecule has 116 valence electrons. The number of nitrogens with one attached hydrogen (secondary N) is 1. The summed E-state index contributed by atoms with van der Waals surface area (Å²) >= 11 is 0. The number of primary sulfonamides is 1. The van der Waals surface area contributed by atoms with Crippen molar-refractivity contribution in [1.82, 2.24) is 0 Å². The SMILES string of the molecule is CC1OCCC1(C)Nc1ccc(S(N)(=O)=O)cc1C(=O)O. The number of hydrogen-bond donors (Lipinski definition) is 3. The van der Waals surface area contributed by atoms with E-state index in [9.17, 15) is 18.3 Å². The van der Waals surface area contributed by atoms with Crippen LogP contribution in [0.3, 0.4) is 0 Å². The van der Waals surface area contributed by atoms with Crippen molar-refractivity contribution in [2.45, 2.75) is 36.8 Å². The molecule has 1 fully saturated rings. The first-order valence-corrected chi connectivity index (χ1v) is 7.98. The summed E-state index contributed by atoms with van der Waals surface area (Å²) in [5.41, 5.74) is -0.204. The maximum atomic E-state index is 11.4. The molecule has 21 heavy (non-hydrogen) atoms. The van der Waals surface area contributed by atoms with E-state index in [0.717, 1.165) is 12.5 Å². The van der Waals surface area contributed by atoms with Gasteiger partial charge < -0.3 is 15.2 Å². The van der Waals surface area contributed by atoms with Gasteiger partial charge in [-0.05, 0) is 38.5 Å². The number of nitrogens with two attached hydrogens (primary N) is 1. The first kappa shape index (κ1) is 15.7. The van der Waals surface area contributed by atoms with E-state index in [2.05, 4.69) is 5.32 Å². The van der Waals surface area contributed by atoms with Crippen LogP contribution >= 0.6 is 0 Å². The van der Waals surface area contributed by atoms with Gasteiger partial charge in [0.1, 0.15) is 0 Å². The fraction of sp³-hybridized carbons (Fsp3) is 0.462. The summed E-state index contributed by atoms with van der Waals surface area (Å²) in [6.07, 6.45) is 0.640. The molecule has 1 aromatic carbocycles. The highest BCUT2D eigenvalue weighted by molar-refractivity contribution is 7.89. The standard InChI is InChI=1S/C13H18N2O5S/c1-8-13(2,5-6-20-8)15-11-4-3-9(21(14,18)19)7-10(11)12(16)17/h3-4,7-8,15H,5-6H2,1-2H3,(H,16,17)(H2,14,18,19). The molecule has 1 saturated heterocycles. The maximum Gasteiger partial charge on any atom is 0.337 e. The molecule has 2 rings (SSSR count). The van der Waals surface area contributed by atoms with Gasteiger partial charge in [0.2, 0.25) is 10.0 Å². The first-order chi connectivity index (χ1) is 9.63. The molecule has 0 bridgehead atoms. The summed E-state index contributed by atoms with van der Waals surface area (Å²) < 4.78 is 28.1. The number of aromatic carboxylic acids is 1. The van der Waals surface area contributed by atoms with Gasteiger partial charge in [-0.1, -0.05) is 0 Å². The topological polar surface area (TPSA) is 119 Å². The zero-order valence-electron chi connectivity index (χ0n) is 11.8. The summed E-state index contributed by atoms with van der Waals surface area (Å²) in [5, 5.41) is 17.5. The number of benzene rings is 1. The smallest absolute Gasteiger partial charge is 0.337 e. The van der Waals surface area contributed by atoms with E-state index in [1.54, 1.807) is 0 Å². The van der Waals surface area contributed by atoms with Gasteiger partial charge in [-0.25, -0.2) is 18.4 Å². The van der Waals surface area contributed by atoms with Gasteiger partial charge >= 0.3 is 5.97 Å². The third-order valence-electron chi connectivity index (χ3n) is 3.86. The van der Waals surface area contributed by atoms with Gasteiger partial charge in [0, 0.05) is 12.3 Å². The molecular formula is C13H18N2O5S. The lowest BCUT2D eigenvalue weighted by atomic mass is 9.93. The molecule has 1 aliphatic heterocycles. The molecule has 0 spiro atoms. The Balaban J connectivity index is 2.42. The molecule has 1 aromatic rings. The molecule has 2 unspecified atom stereocenters. The highest BCUT2D eigenvalue weighted by Gasteiger charge is 2.37. The predicted molar refractivity (Wildman–Crippen MR) is 76.8 cm³/mol. The summed E-state index contributed by atoms with van der Waals surface area (Å²) in [4.78, 5) is 11.1. The third-order valence-corrected chi connectivity index (χ3v) is 4.77. The molecule has 0 saturated carbocycles. The summed E-state index contributed by atoms with van der Waals surface area (Å²) in [6, 6.07) is 3.76. The minimum atomic E-state index is -3.94. The number of sulfonamides is 1. The van der Waals surface area contributed by atoms with Crippen molar-refractivity contribution in [1.29, 1.82) is 0 Å². The Kier molecular flexibility index (Phi) is 3.96. The third kappa shape index (κ3) is 3.17. The van der Waals surface area contributed by atoms with E-state index >= 15 is 0 Å². The minimum absolute atomic E-state index is 0.0861. The summed E-state index contributed by atoms with van der Waals surface area (Å²) in [7, 11) is -3.94. The van der Waals surface area contributed by atoms with Gasteiger partial charge in [-0.3, -0.25) is 0 Å². The Morgan fingerprint density at radius 2 is 2.19 bits per heavy atom. The fourth-order valence-electron chi connectivity index (χ4n) is 2.29. The van der Waals surface area contributed by atoms with E-state index < -0.39 is 21.5 Å². The van der Waals surface area contributed by atoms with Crippen LogP contribution in [-0.2, 0) is 14.8 Å². The number of carbonyl (C=O) groups is 1. The van der Waals surface area contributed by atoms with Crippen LogP contribution in [0.1, 0.15) is 30.6 Å². The molecule has 2 atom stereocenters. The summed E-state index contributed by atoms with van der Waals surface area (Å²) in [5.74, 6) is -1.22. The largest absolute Gasteiger partial charge is 0.478 e. The van der Waals surface area contributed by atoms with Crippen LogP contribution < -0.4 is 10.5 Å². The molecule has 0 radical (unpaired) electrons. The Morgan fingerprint density at radius 3 is 2.67 bits per heavy atom. The van der Waals surface area contributed by atoms with Crippen molar-refractivity contribution in [2.75, 3.05) is 11.9 Å². The lowest BCUT2D eigenvalue weighted by Crippen LogP contribution is -2.41. The summed E-state index contributed by atoms with van der Waals surface area (Å²) in [6.45, 7) is 4.42. The second kappa shape index (κ2) is 5.28. The molecule has 0 aromatic heterocycles. The fourth-order valence-corrected chi connectivity index (χ4v) is 2.83. The van der Waals surface area contributed by atoms with E-state index in [1.165, 1.54) is 12.1 Å². The van der Waals surface area contributed by atoms with Crippen LogP contribution in [-0.4, -0.2) is 37.7 Å². The quantitative estimate of drug-likeness (QED) is 0.763. The van der Waals surface area contributed by atoms with Gasteiger partial charge in [0.15, 0.2) is 0 Å². The van der Waals surface area contributed by atoms with E-state index in [0.29, 0.717) is 12.3 Å². The molecule has 1 aliphatic rings. The molecule has 7 nitrogen and oxygen atoms in total. The number of carboxylic acids is 1. The van der Waals surface area contributed by atoms with Crippen LogP contribution in [0, 0.1) is 0 Å². The highest BCUT2D eigenvalue weighted by Crippen LogP contribution is 2.31. The van der Waals surface area contributed by atoms with Crippen LogP contribution in [0.5, 0.6) is 0 Å². The Hall–Kier alpha value is -1.64. The predicted octanol–water partition coefficient (Wildman–Crippen LogP) is 1.01. The zero-order valence-corrected chi connectivity index (χ0v) is 12.6. The van der Waals surface area contributed by atoms with Crippen LogP contribution in [0.15, 0.2) is 23.1 Å². The van der Waals surface area contributed by atoms with Crippen LogP contribution in [0.2, 0.25) is 0 Å². The molecule has 8 heteroatoms. The Morgan fingerprint density at radius 1 is 1.52 bits per heavy atom. The lowest BCUT2D eigenvalue weighted by Gasteiger charge is -2.30. The van der Waals surface area contributed by atoms with Crippen LogP contribution in [0.4, 0.5) is 5.69 Å². The Bertz CT molecular complexity index is 673. The normalized spacial score (nSPS) is 25.8. The number of anilines is 1. The molecule has 0 aliphatic carbocycles. The van der Waals surface area contributed by atoms with Gasteiger partial charge in [-0.15, -0.1) is 0 Å². The average molecular weight is 314 g/mol. The number of rotatable bonds is 4. The van der Waals surface area contributed by atoms with Crippen molar-refractivity contribution in [3.8, 4) is 0 Å². The number of ether oxygens (including phenoxy) is 1. The molecular weight excluding hydrogens is 296 g/mol. The van der Waals surface area contributed by atoms with E-state index in [1.807, 2.05) is 13.8 Å². The van der Waals surface area contributed by atoms with Crippen molar-refractivity contribution in [2.24, 2.45) is 5.14 Å². The molecule has 4 N–H and O–H groups in total. The van der Waals surface area contributed by atoms with E-state index in [-0.39, 0.29) is 16.6 Å². The van der Waals surface area contributed by atoms with Crippen LogP contribution in [0.25, 0.3) is 0 Å². The van der Waals surface area contributed by atoms with Crippen molar-refractivity contribution in [3.63, 3.8) is 0 Å². The minimum Gasteiger partial charge on any atom is -0.478 e. The van der Waals surface area contributed by atoms with Gasteiger partial charge in [0.25, 0.3) is 0 Å². The number of carboxylic acid groups (broad SMARTS) is 1. The second-order valence-electron chi connectivity index (χ2n) is 5.36. The lowest BCUT2D eigenvalue weighted by molar-refractivity contribution is 0.0697. The van der Waals surface area contributed by atoms with E-state index in [4.69, 9.17) is 9.88 Å². The maximum absolute atomic E-state index is 11.4. The van der Waals surface area contributed by atoms with Gasteiger partial charge in [-0.2, -0.15) is 0 Å². The monoisotopic (exact) mass is 314 g/mol. The number of hydrogen-bond acceptors (Lipinski definition) is 5. The van der Waals surface area contributed by atoms with Gasteiger partial charge in [0.05, 0.1) is 22.1 Å². The Labute approximate surface area is 123 Å². The average Bonchev–Trinajstić information content (AvgIpc) is 2.68. The molecule has 1 heterocycles. The van der Waals surface area contributed by atoms with Crippen molar-refractivity contribution < 1.29 is 23.1 Å². The van der Waals surface area contributed by atoms with Crippen molar-refractivity contribution in [3.05, 3.63) is 23.8 Å². The second-order valence-corrected chi connectivity index (χ2v) is 6.92. The zero-order chi connectivity index (χ0) is 15.8. The molecule has 0 amide bonds.